The summed E-state index contributed by atoms with van der Waals surface area (Å²) in [5.74, 6) is 0. The Morgan fingerprint density at radius 1 is 0.395 bits per heavy atom. The summed E-state index contributed by atoms with van der Waals surface area (Å²) < 4.78 is 0. The first-order valence-corrected chi connectivity index (χ1v) is 13.1. The second-order valence-electron chi connectivity index (χ2n) is 9.39. The van der Waals surface area contributed by atoms with Gasteiger partial charge in [-0.05, 0) is 76.2 Å². The molecule has 1 heteroatoms. The fourth-order valence-corrected chi connectivity index (χ4v) is 4.91. The number of anilines is 3. The van der Waals surface area contributed by atoms with Crippen molar-refractivity contribution < 1.29 is 0 Å². The van der Waals surface area contributed by atoms with Crippen molar-refractivity contribution in [3.05, 3.63) is 169 Å². The van der Waals surface area contributed by atoms with Gasteiger partial charge in [0.1, 0.15) is 0 Å². The lowest BCUT2D eigenvalue weighted by Crippen LogP contribution is -2.09. The van der Waals surface area contributed by atoms with Crippen LogP contribution in [0.3, 0.4) is 0 Å². The van der Waals surface area contributed by atoms with Gasteiger partial charge >= 0.3 is 0 Å². The minimum Gasteiger partial charge on any atom is -0.311 e. The lowest BCUT2D eigenvalue weighted by Gasteiger charge is -2.26. The van der Waals surface area contributed by atoms with Gasteiger partial charge in [-0.15, -0.1) is 0 Å². The van der Waals surface area contributed by atoms with Crippen molar-refractivity contribution in [1.29, 1.82) is 0 Å². The summed E-state index contributed by atoms with van der Waals surface area (Å²) in [5.41, 5.74) is 10.7. The first kappa shape index (κ1) is 23.5. The second kappa shape index (κ2) is 11.0. The highest BCUT2D eigenvalue weighted by Gasteiger charge is 2.14. The normalized spacial score (nSPS) is 12.6. The van der Waals surface area contributed by atoms with E-state index in [1.807, 2.05) is 0 Å². The van der Waals surface area contributed by atoms with Gasteiger partial charge in [0.25, 0.3) is 0 Å². The van der Waals surface area contributed by atoms with Crippen LogP contribution < -0.4 is 4.90 Å². The summed E-state index contributed by atoms with van der Waals surface area (Å²) >= 11 is 0. The van der Waals surface area contributed by atoms with Gasteiger partial charge in [-0.25, -0.2) is 0 Å². The molecule has 1 nitrogen and oxygen atoms in total. The maximum absolute atomic E-state index is 2.33. The van der Waals surface area contributed by atoms with Crippen molar-refractivity contribution in [1.82, 2.24) is 0 Å². The van der Waals surface area contributed by atoms with Crippen LogP contribution in [0.1, 0.15) is 12.0 Å². The Kier molecular flexibility index (Phi) is 6.82. The van der Waals surface area contributed by atoms with E-state index in [0.29, 0.717) is 0 Å². The van der Waals surface area contributed by atoms with Gasteiger partial charge in [0.2, 0.25) is 0 Å². The minimum atomic E-state index is 0.956. The van der Waals surface area contributed by atoms with Crippen molar-refractivity contribution >= 4 is 22.6 Å². The zero-order valence-corrected chi connectivity index (χ0v) is 21.2. The van der Waals surface area contributed by atoms with Gasteiger partial charge < -0.3 is 4.90 Å². The zero-order chi connectivity index (χ0) is 25.6. The maximum atomic E-state index is 2.33. The van der Waals surface area contributed by atoms with Gasteiger partial charge in [-0.2, -0.15) is 0 Å². The number of benzene rings is 5. The average molecular weight is 488 g/mol. The summed E-state index contributed by atoms with van der Waals surface area (Å²) in [6.45, 7) is 0. The van der Waals surface area contributed by atoms with E-state index < -0.39 is 0 Å². The third-order valence-corrected chi connectivity index (χ3v) is 6.92. The SMILES string of the molecule is C1=CCC=C(c2ccc(N(c3ccc(-c4ccccc4)cc3)c3ccc(-c4ccccc4)cc3)cc2)C=C1. The Morgan fingerprint density at radius 3 is 1.29 bits per heavy atom. The second-order valence-corrected chi connectivity index (χ2v) is 9.39. The van der Waals surface area contributed by atoms with Crippen molar-refractivity contribution in [2.24, 2.45) is 0 Å². The molecule has 0 radical (unpaired) electrons. The van der Waals surface area contributed by atoms with Crippen molar-refractivity contribution in [3.63, 3.8) is 0 Å². The highest BCUT2D eigenvalue weighted by atomic mass is 15.1. The smallest absolute Gasteiger partial charge is 0.0462 e. The Bertz CT molecular complexity index is 1490. The lowest BCUT2D eigenvalue weighted by molar-refractivity contribution is 1.28. The van der Waals surface area contributed by atoms with Crippen LogP contribution in [0.4, 0.5) is 17.1 Å². The van der Waals surface area contributed by atoms with E-state index in [1.165, 1.54) is 33.4 Å². The monoisotopic (exact) mass is 487 g/mol. The van der Waals surface area contributed by atoms with E-state index in [1.54, 1.807) is 0 Å². The van der Waals surface area contributed by atoms with Gasteiger partial charge in [-0.3, -0.25) is 0 Å². The number of hydrogen-bond acceptors (Lipinski definition) is 1. The molecule has 0 bridgehead atoms. The minimum absolute atomic E-state index is 0.956. The van der Waals surface area contributed by atoms with Crippen LogP contribution in [0.25, 0.3) is 27.8 Å². The van der Waals surface area contributed by atoms with Gasteiger partial charge in [0.15, 0.2) is 0 Å². The van der Waals surface area contributed by atoms with E-state index in [9.17, 15) is 0 Å². The molecular weight excluding hydrogens is 458 g/mol. The molecule has 6 rings (SSSR count). The quantitative estimate of drug-likeness (QED) is 0.230. The standard InChI is InChI=1S/C37H29N/c1-2-6-12-29(11-5-1)32-17-23-35(24-18-32)38(36-25-19-33(20-26-36)30-13-7-3-8-14-30)37-27-21-34(22-28-37)31-15-9-4-10-16-31/h1-5,7-28H,6H2. The molecule has 0 N–H and O–H groups in total. The van der Waals surface area contributed by atoms with Crippen molar-refractivity contribution in [3.8, 4) is 22.3 Å². The predicted molar refractivity (Wildman–Crippen MR) is 163 cm³/mol. The third-order valence-electron chi connectivity index (χ3n) is 6.92. The molecule has 1 aliphatic carbocycles. The van der Waals surface area contributed by atoms with Gasteiger partial charge in [0, 0.05) is 17.1 Å². The molecule has 0 saturated heterocycles. The Balaban J connectivity index is 1.37. The highest BCUT2D eigenvalue weighted by molar-refractivity contribution is 5.82. The number of hydrogen-bond donors (Lipinski definition) is 0. The van der Waals surface area contributed by atoms with E-state index >= 15 is 0 Å². The molecule has 0 heterocycles. The molecule has 1 aliphatic rings. The molecule has 5 aromatic rings. The first-order valence-electron chi connectivity index (χ1n) is 13.1. The fourth-order valence-electron chi connectivity index (χ4n) is 4.91. The van der Waals surface area contributed by atoms with Crippen LogP contribution in [0.15, 0.2) is 164 Å². The molecule has 0 fully saturated rings. The molecule has 38 heavy (non-hydrogen) atoms. The molecule has 0 atom stereocenters. The van der Waals surface area contributed by atoms with Crippen LogP contribution in [-0.2, 0) is 0 Å². The van der Waals surface area contributed by atoms with E-state index in [0.717, 1.165) is 23.5 Å². The predicted octanol–water partition coefficient (Wildman–Crippen LogP) is 10.4. The third kappa shape index (κ3) is 5.14. The Labute approximate surface area is 225 Å². The number of allylic oxidation sites excluding steroid dienone is 6. The van der Waals surface area contributed by atoms with E-state index in [4.69, 9.17) is 0 Å². The van der Waals surface area contributed by atoms with Crippen molar-refractivity contribution in [2.75, 3.05) is 4.90 Å². The average Bonchev–Trinajstić information content (AvgIpc) is 3.29. The topological polar surface area (TPSA) is 3.24 Å². The zero-order valence-electron chi connectivity index (χ0n) is 21.2. The molecule has 0 saturated carbocycles. The highest BCUT2D eigenvalue weighted by Crippen LogP contribution is 2.37. The molecule has 0 spiro atoms. The van der Waals surface area contributed by atoms with Crippen LogP contribution in [0.2, 0.25) is 0 Å². The summed E-state index contributed by atoms with van der Waals surface area (Å²) in [5, 5.41) is 0. The maximum Gasteiger partial charge on any atom is 0.0462 e. The van der Waals surface area contributed by atoms with Crippen LogP contribution in [-0.4, -0.2) is 0 Å². The summed E-state index contributed by atoms with van der Waals surface area (Å²) in [7, 11) is 0. The number of nitrogens with zero attached hydrogens (tertiary/aromatic N) is 1. The Morgan fingerprint density at radius 2 is 0.816 bits per heavy atom. The van der Waals surface area contributed by atoms with Crippen molar-refractivity contribution in [2.45, 2.75) is 6.42 Å². The van der Waals surface area contributed by atoms with Crippen LogP contribution in [0, 0.1) is 0 Å². The molecule has 0 unspecified atom stereocenters. The number of rotatable bonds is 6. The molecular formula is C37H29N. The summed E-state index contributed by atoms with van der Waals surface area (Å²) in [6.07, 6.45) is 11.8. The lowest BCUT2D eigenvalue weighted by atomic mass is 10.0. The molecule has 182 valence electrons. The Hall–Kier alpha value is -4.88. The van der Waals surface area contributed by atoms with E-state index in [2.05, 4.69) is 169 Å². The molecule has 0 aromatic heterocycles. The molecule has 5 aromatic carbocycles. The fraction of sp³-hybridized carbons (Fsp3) is 0.0270. The van der Waals surface area contributed by atoms with Crippen LogP contribution >= 0.6 is 0 Å². The largest absolute Gasteiger partial charge is 0.311 e. The summed E-state index contributed by atoms with van der Waals surface area (Å²) in [6, 6.07) is 47.6. The molecule has 0 aliphatic heterocycles. The van der Waals surface area contributed by atoms with Gasteiger partial charge in [0.05, 0.1) is 0 Å². The molecule has 0 amide bonds. The van der Waals surface area contributed by atoms with Crippen LogP contribution in [0.5, 0.6) is 0 Å². The van der Waals surface area contributed by atoms with Gasteiger partial charge in [-0.1, -0.05) is 127 Å². The van der Waals surface area contributed by atoms with E-state index in [-0.39, 0.29) is 0 Å². The summed E-state index contributed by atoms with van der Waals surface area (Å²) in [4.78, 5) is 2.33. The first-order chi connectivity index (χ1) is 18.8.